The number of allylic oxidation sites excluding steroid dienone is 3. The molecule has 0 spiro atoms. The molecule has 0 aromatic heterocycles. The molecule has 200 valence electrons. The maximum Gasteiger partial charge on any atom is 0.205 e. The van der Waals surface area contributed by atoms with Crippen molar-refractivity contribution in [3.05, 3.63) is 63.8 Å². The maximum absolute atomic E-state index is 10.1. The molecule has 2 aromatic carbocycles. The predicted octanol–water partition coefficient (Wildman–Crippen LogP) is 5.07. The van der Waals surface area contributed by atoms with Gasteiger partial charge in [0.05, 0.1) is 48.6 Å². The zero-order valence-corrected chi connectivity index (χ0v) is 22.5. The van der Waals surface area contributed by atoms with E-state index in [-0.39, 0.29) is 5.88 Å². The molecule has 0 fully saturated rings. The van der Waals surface area contributed by atoms with E-state index >= 15 is 0 Å². The van der Waals surface area contributed by atoms with Crippen molar-refractivity contribution in [3.63, 3.8) is 0 Å². The Bertz CT molecular complexity index is 1370. The maximum atomic E-state index is 10.1. The molecule has 0 saturated carbocycles. The van der Waals surface area contributed by atoms with Crippen LogP contribution in [-0.4, -0.2) is 42.7 Å². The number of nitrogens with two attached hydrogens (primary N) is 1. The molecule has 0 amide bonds. The van der Waals surface area contributed by atoms with Crippen LogP contribution in [0.2, 0.25) is 0 Å². The van der Waals surface area contributed by atoms with Crippen molar-refractivity contribution in [1.29, 1.82) is 5.26 Å². The summed E-state index contributed by atoms with van der Waals surface area (Å²) in [7, 11) is 9.40. The lowest BCUT2D eigenvalue weighted by Gasteiger charge is -2.34. The second-order valence-corrected chi connectivity index (χ2v) is 8.65. The van der Waals surface area contributed by atoms with Crippen LogP contribution in [0, 0.1) is 11.3 Å². The SMILES string of the molecule is COc1ccc(C=C2CCCC3=C2OC(N)=C(C#N)C3c2ccc(OC)c(OC)c2OC)c(OC)c1OC. The molecule has 2 N–H and O–H groups in total. The fourth-order valence-corrected chi connectivity index (χ4v) is 5.17. The quantitative estimate of drug-likeness (QED) is 0.510. The van der Waals surface area contributed by atoms with E-state index in [1.165, 1.54) is 0 Å². The summed E-state index contributed by atoms with van der Waals surface area (Å²) in [6.07, 6.45) is 4.33. The molecule has 9 nitrogen and oxygen atoms in total. The average molecular weight is 521 g/mol. The van der Waals surface area contributed by atoms with E-state index < -0.39 is 5.92 Å². The largest absolute Gasteiger partial charge is 0.493 e. The van der Waals surface area contributed by atoms with E-state index in [0.717, 1.165) is 41.5 Å². The van der Waals surface area contributed by atoms with Crippen LogP contribution in [0.3, 0.4) is 0 Å². The third kappa shape index (κ3) is 4.43. The van der Waals surface area contributed by atoms with Crippen LogP contribution in [0.5, 0.6) is 34.5 Å². The number of nitrogens with zero attached hydrogens (tertiary/aromatic N) is 1. The van der Waals surface area contributed by atoms with E-state index in [2.05, 4.69) is 6.07 Å². The smallest absolute Gasteiger partial charge is 0.205 e. The van der Waals surface area contributed by atoms with Crippen molar-refractivity contribution in [3.8, 4) is 40.6 Å². The minimum atomic E-state index is -0.477. The van der Waals surface area contributed by atoms with Crippen molar-refractivity contribution >= 4 is 6.08 Å². The highest BCUT2D eigenvalue weighted by atomic mass is 16.5. The summed E-state index contributed by atoms with van der Waals surface area (Å²) in [5.41, 5.74) is 10.1. The van der Waals surface area contributed by atoms with Crippen LogP contribution in [0.25, 0.3) is 6.08 Å². The molecular weight excluding hydrogens is 488 g/mol. The molecule has 9 heteroatoms. The number of hydrogen-bond acceptors (Lipinski definition) is 9. The minimum Gasteiger partial charge on any atom is -0.493 e. The third-order valence-corrected chi connectivity index (χ3v) is 6.82. The number of nitriles is 1. The summed E-state index contributed by atoms with van der Waals surface area (Å²) < 4.78 is 39.6. The lowest BCUT2D eigenvalue weighted by atomic mass is 9.76. The number of ether oxygens (including phenoxy) is 7. The predicted molar refractivity (Wildman–Crippen MR) is 142 cm³/mol. The van der Waals surface area contributed by atoms with Crippen LogP contribution < -0.4 is 34.2 Å². The molecular formula is C29H32N2O7. The summed E-state index contributed by atoms with van der Waals surface area (Å²) in [6, 6.07) is 9.66. The first-order valence-electron chi connectivity index (χ1n) is 12.1. The van der Waals surface area contributed by atoms with Crippen molar-refractivity contribution in [2.24, 2.45) is 5.73 Å². The van der Waals surface area contributed by atoms with Crippen LogP contribution in [0.15, 0.2) is 52.6 Å². The van der Waals surface area contributed by atoms with Crippen molar-refractivity contribution in [2.75, 3.05) is 42.7 Å². The van der Waals surface area contributed by atoms with Gasteiger partial charge < -0.3 is 38.9 Å². The van der Waals surface area contributed by atoms with E-state index in [1.807, 2.05) is 24.3 Å². The van der Waals surface area contributed by atoms with Crippen LogP contribution in [0.1, 0.15) is 36.3 Å². The molecule has 1 heterocycles. The standard InChI is InChI=1S/C29H32N2O7/c1-32-21-12-10-17(25(34-3)27(21)36-5)14-16-8-7-9-18-23(20(15-30)29(31)38-24(16)18)19-11-13-22(33-2)28(37-6)26(19)35-4/h10-14,23H,7-9,31H2,1-6H3. The Hall–Kier alpha value is -4.45. The van der Waals surface area contributed by atoms with E-state index in [9.17, 15) is 5.26 Å². The number of rotatable bonds is 8. The zero-order chi connectivity index (χ0) is 27.4. The van der Waals surface area contributed by atoms with Crippen LogP contribution in [-0.2, 0) is 4.74 Å². The molecule has 38 heavy (non-hydrogen) atoms. The number of hydrogen-bond donors (Lipinski definition) is 1. The Labute approximate surface area is 222 Å². The lowest BCUT2D eigenvalue weighted by Crippen LogP contribution is -2.24. The van der Waals surface area contributed by atoms with Gasteiger partial charge in [-0.2, -0.15) is 5.26 Å². The van der Waals surface area contributed by atoms with Crippen molar-refractivity contribution < 1.29 is 33.2 Å². The second kappa shape index (κ2) is 11.3. The number of methoxy groups -OCH3 is 6. The van der Waals surface area contributed by atoms with Gasteiger partial charge in [0.15, 0.2) is 23.0 Å². The normalized spacial score (nSPS) is 17.8. The highest BCUT2D eigenvalue weighted by Crippen LogP contribution is 2.52. The summed E-state index contributed by atoms with van der Waals surface area (Å²) in [4.78, 5) is 0. The lowest BCUT2D eigenvalue weighted by molar-refractivity contribution is 0.275. The van der Waals surface area contributed by atoms with Gasteiger partial charge in [-0.3, -0.25) is 0 Å². The summed E-state index contributed by atoms with van der Waals surface area (Å²) >= 11 is 0. The first-order valence-corrected chi connectivity index (χ1v) is 12.1. The number of benzene rings is 2. The van der Waals surface area contributed by atoms with E-state index in [1.54, 1.807) is 48.7 Å². The van der Waals surface area contributed by atoms with E-state index in [4.69, 9.17) is 38.9 Å². The van der Waals surface area contributed by atoms with Gasteiger partial charge in [0.1, 0.15) is 17.4 Å². The monoisotopic (exact) mass is 520 g/mol. The molecule has 1 atom stereocenters. The fourth-order valence-electron chi connectivity index (χ4n) is 5.17. The Kier molecular flexibility index (Phi) is 7.91. The topological polar surface area (TPSA) is 114 Å². The molecule has 1 aliphatic carbocycles. The van der Waals surface area contributed by atoms with Crippen molar-refractivity contribution in [1.82, 2.24) is 0 Å². The first-order chi connectivity index (χ1) is 18.5. The Balaban J connectivity index is 1.92. The van der Waals surface area contributed by atoms with Gasteiger partial charge in [0, 0.05) is 11.1 Å². The molecule has 4 rings (SSSR count). The Morgan fingerprint density at radius 3 is 2.00 bits per heavy atom. The molecule has 2 aliphatic rings. The molecule has 0 bridgehead atoms. The van der Waals surface area contributed by atoms with Gasteiger partial charge in [-0.1, -0.05) is 6.07 Å². The van der Waals surface area contributed by atoms with E-state index in [0.29, 0.717) is 45.8 Å². The second-order valence-electron chi connectivity index (χ2n) is 8.65. The fraction of sp³-hybridized carbons (Fsp3) is 0.345. The van der Waals surface area contributed by atoms with Gasteiger partial charge in [-0.15, -0.1) is 0 Å². The van der Waals surface area contributed by atoms with Gasteiger partial charge in [0.2, 0.25) is 17.4 Å². The highest BCUT2D eigenvalue weighted by Gasteiger charge is 2.38. The third-order valence-electron chi connectivity index (χ3n) is 6.82. The first kappa shape index (κ1) is 26.6. The molecule has 0 saturated heterocycles. The van der Waals surface area contributed by atoms with Gasteiger partial charge in [0.25, 0.3) is 0 Å². The zero-order valence-electron chi connectivity index (χ0n) is 22.5. The Morgan fingerprint density at radius 1 is 0.816 bits per heavy atom. The van der Waals surface area contributed by atoms with Crippen molar-refractivity contribution in [2.45, 2.75) is 25.2 Å². The summed E-state index contributed by atoms with van der Waals surface area (Å²) in [5.74, 6) is 3.27. The van der Waals surface area contributed by atoms with Crippen LogP contribution in [0.4, 0.5) is 0 Å². The van der Waals surface area contributed by atoms with Gasteiger partial charge in [-0.05, 0) is 54.7 Å². The highest BCUT2D eigenvalue weighted by molar-refractivity contribution is 5.71. The molecule has 2 aromatic rings. The van der Waals surface area contributed by atoms with Gasteiger partial charge >= 0.3 is 0 Å². The Morgan fingerprint density at radius 2 is 1.42 bits per heavy atom. The molecule has 0 radical (unpaired) electrons. The van der Waals surface area contributed by atoms with Gasteiger partial charge in [-0.25, -0.2) is 0 Å². The average Bonchev–Trinajstić information content (AvgIpc) is 2.95. The summed E-state index contributed by atoms with van der Waals surface area (Å²) in [5, 5.41) is 10.1. The minimum absolute atomic E-state index is 0.0557. The summed E-state index contributed by atoms with van der Waals surface area (Å²) in [6.45, 7) is 0. The van der Waals surface area contributed by atoms with Crippen LogP contribution >= 0.6 is 0 Å². The molecule has 1 unspecified atom stereocenters. The molecule has 1 aliphatic heterocycles.